The van der Waals surface area contributed by atoms with Crippen LogP contribution in [0.1, 0.15) is 22.2 Å². The zero-order chi connectivity index (χ0) is 24.3. The Morgan fingerprint density at radius 1 is 1.18 bits per heavy atom. The van der Waals surface area contributed by atoms with Gasteiger partial charge in [-0.1, -0.05) is 22.9 Å². The number of aromatic nitrogens is 1. The van der Waals surface area contributed by atoms with E-state index in [-0.39, 0.29) is 32.4 Å². The zero-order valence-corrected chi connectivity index (χ0v) is 19.0. The lowest BCUT2D eigenvalue weighted by Crippen LogP contribution is -2.39. The summed E-state index contributed by atoms with van der Waals surface area (Å²) in [5, 5.41) is 0.0720. The van der Waals surface area contributed by atoms with E-state index < -0.39 is 18.6 Å². The molecule has 3 rings (SSSR count). The fraction of sp³-hybridized carbons (Fsp3) is 0.190. The number of ether oxygens (including phenoxy) is 2. The molecule has 1 atom stereocenters. The highest BCUT2D eigenvalue weighted by Gasteiger charge is 2.28. The van der Waals surface area contributed by atoms with Crippen molar-refractivity contribution in [1.82, 2.24) is 4.98 Å². The maximum Gasteiger partial charge on any atom is 0.387 e. The molecule has 2 aromatic carbocycles. The number of anilines is 3. The van der Waals surface area contributed by atoms with Gasteiger partial charge in [-0.3, -0.25) is 9.59 Å². The number of alkyl halides is 2. The number of rotatable bonds is 9. The van der Waals surface area contributed by atoms with Gasteiger partial charge in [0, 0.05) is 11.3 Å². The summed E-state index contributed by atoms with van der Waals surface area (Å²) in [6.07, 6.45) is 0. The summed E-state index contributed by atoms with van der Waals surface area (Å²) in [5.74, 6) is -0.764. The second-order valence-electron chi connectivity index (χ2n) is 6.71. The molecule has 0 spiro atoms. The number of halogens is 3. The molecule has 1 amide bonds. The van der Waals surface area contributed by atoms with Gasteiger partial charge in [0.25, 0.3) is 0 Å². The summed E-state index contributed by atoms with van der Waals surface area (Å²) in [5.41, 5.74) is 12.2. The number of primary amides is 1. The minimum Gasteiger partial charge on any atom is -0.497 e. The zero-order valence-electron chi connectivity index (χ0n) is 17.4. The van der Waals surface area contributed by atoms with Crippen molar-refractivity contribution >= 4 is 51.3 Å². The minimum absolute atomic E-state index is 0.0405. The van der Waals surface area contributed by atoms with E-state index in [1.165, 1.54) is 37.1 Å². The van der Waals surface area contributed by atoms with E-state index in [1.54, 1.807) is 24.3 Å². The molecule has 0 bridgehead atoms. The summed E-state index contributed by atoms with van der Waals surface area (Å²) >= 11 is 7.02. The maximum atomic E-state index is 13.0. The van der Waals surface area contributed by atoms with Crippen molar-refractivity contribution in [2.75, 3.05) is 17.7 Å². The highest BCUT2D eigenvalue weighted by molar-refractivity contribution is 7.18. The summed E-state index contributed by atoms with van der Waals surface area (Å²) < 4.78 is 34.5. The summed E-state index contributed by atoms with van der Waals surface area (Å²) in [7, 11) is 1.51. The first-order valence-corrected chi connectivity index (χ1v) is 10.6. The lowest BCUT2D eigenvalue weighted by Gasteiger charge is -2.27. The van der Waals surface area contributed by atoms with Crippen LogP contribution in [-0.4, -0.2) is 36.4 Å². The second-order valence-corrected chi connectivity index (χ2v) is 8.09. The highest BCUT2D eigenvalue weighted by atomic mass is 35.5. The molecule has 0 aliphatic heterocycles. The molecule has 8 nitrogen and oxygen atoms in total. The van der Waals surface area contributed by atoms with E-state index in [2.05, 4.69) is 9.72 Å². The number of ketones is 1. The Balaban J connectivity index is 2.01. The molecular weight excluding hydrogens is 478 g/mol. The van der Waals surface area contributed by atoms with E-state index in [0.717, 1.165) is 11.3 Å². The molecule has 1 aromatic heterocycles. The Hall–Kier alpha value is -3.44. The SMILES string of the molecule is COc1ccc(C(=O)c2sc(N(c3ccc(OC(F)F)c(Cl)c3)C(C)C(N)=O)nc2N)cc1. The monoisotopic (exact) mass is 496 g/mol. The van der Waals surface area contributed by atoms with Crippen LogP contribution in [0.5, 0.6) is 11.5 Å². The molecule has 12 heteroatoms. The van der Waals surface area contributed by atoms with E-state index >= 15 is 0 Å². The molecule has 0 radical (unpaired) electrons. The van der Waals surface area contributed by atoms with Gasteiger partial charge in [-0.05, 0) is 49.4 Å². The Bertz CT molecular complexity index is 1170. The summed E-state index contributed by atoms with van der Waals surface area (Å²) in [6.45, 7) is -1.54. The normalized spacial score (nSPS) is 11.8. The quantitative estimate of drug-likeness (QED) is 0.425. The number of thiazole rings is 1. The number of carbonyl (C=O) groups excluding carboxylic acids is 2. The van der Waals surface area contributed by atoms with Crippen molar-refractivity contribution in [3.63, 3.8) is 0 Å². The molecule has 0 saturated carbocycles. The predicted octanol–water partition coefficient (Wildman–Crippen LogP) is 4.23. The standard InChI is InChI=1S/C21H19ClF2N4O4S/c1-10(19(26)30)28(12-5-8-15(14(22)9-12)32-20(23)24)21-27-18(25)17(33-21)16(29)11-3-6-13(31-2)7-4-11/h3-10,20H,25H2,1-2H3,(H2,26,30). The van der Waals surface area contributed by atoms with Gasteiger partial charge in [-0.2, -0.15) is 8.78 Å². The fourth-order valence-corrected chi connectivity index (χ4v) is 4.19. The van der Waals surface area contributed by atoms with E-state index in [4.69, 9.17) is 27.8 Å². The van der Waals surface area contributed by atoms with Crippen molar-refractivity contribution in [3.05, 3.63) is 57.9 Å². The van der Waals surface area contributed by atoms with Crippen LogP contribution >= 0.6 is 22.9 Å². The van der Waals surface area contributed by atoms with Gasteiger partial charge in [-0.15, -0.1) is 0 Å². The number of nitrogens with two attached hydrogens (primary N) is 2. The number of hydrogen-bond donors (Lipinski definition) is 2. The number of hydrogen-bond acceptors (Lipinski definition) is 8. The van der Waals surface area contributed by atoms with Gasteiger partial charge < -0.3 is 25.8 Å². The van der Waals surface area contributed by atoms with Crippen molar-refractivity contribution in [1.29, 1.82) is 0 Å². The molecular formula is C21H19ClF2N4O4S. The Morgan fingerprint density at radius 3 is 2.39 bits per heavy atom. The van der Waals surface area contributed by atoms with Gasteiger partial charge in [0.15, 0.2) is 5.13 Å². The van der Waals surface area contributed by atoms with Gasteiger partial charge in [0.1, 0.15) is 28.2 Å². The molecule has 0 saturated heterocycles. The molecule has 1 unspecified atom stereocenters. The average molecular weight is 497 g/mol. The van der Waals surface area contributed by atoms with E-state index in [1.807, 2.05) is 0 Å². The van der Waals surface area contributed by atoms with E-state index in [9.17, 15) is 18.4 Å². The molecule has 33 heavy (non-hydrogen) atoms. The van der Waals surface area contributed by atoms with Crippen molar-refractivity contribution in [2.24, 2.45) is 5.73 Å². The predicted molar refractivity (Wildman–Crippen MR) is 122 cm³/mol. The van der Waals surface area contributed by atoms with Gasteiger partial charge in [-0.25, -0.2) is 4.98 Å². The molecule has 0 aliphatic carbocycles. The largest absolute Gasteiger partial charge is 0.497 e. The van der Waals surface area contributed by atoms with Crippen LogP contribution in [-0.2, 0) is 4.79 Å². The van der Waals surface area contributed by atoms with E-state index in [0.29, 0.717) is 17.0 Å². The van der Waals surface area contributed by atoms with Crippen LogP contribution < -0.4 is 25.8 Å². The number of amides is 1. The number of nitrogen functional groups attached to an aromatic ring is 1. The smallest absolute Gasteiger partial charge is 0.387 e. The molecule has 0 fully saturated rings. The first kappa shape index (κ1) is 24.2. The van der Waals surface area contributed by atoms with Crippen LogP contribution in [0.2, 0.25) is 5.02 Å². The summed E-state index contributed by atoms with van der Waals surface area (Å²) in [6, 6.07) is 9.47. The number of methoxy groups -OCH3 is 1. The van der Waals surface area contributed by atoms with Crippen molar-refractivity contribution in [3.8, 4) is 11.5 Å². The first-order valence-electron chi connectivity index (χ1n) is 9.40. The van der Waals surface area contributed by atoms with Crippen LogP contribution in [0.15, 0.2) is 42.5 Å². The highest BCUT2D eigenvalue weighted by Crippen LogP contribution is 2.38. The fourth-order valence-electron chi connectivity index (χ4n) is 2.92. The lowest BCUT2D eigenvalue weighted by molar-refractivity contribution is -0.118. The molecule has 0 aliphatic rings. The summed E-state index contributed by atoms with van der Waals surface area (Å²) in [4.78, 5) is 30.8. The van der Waals surface area contributed by atoms with Gasteiger partial charge in [0.2, 0.25) is 11.7 Å². The Labute approximate surface area is 196 Å². The number of benzene rings is 2. The van der Waals surface area contributed by atoms with Crippen molar-refractivity contribution < 1.29 is 27.8 Å². The maximum absolute atomic E-state index is 13.0. The molecule has 4 N–H and O–H groups in total. The number of carbonyl (C=O) groups is 2. The topological polar surface area (TPSA) is 121 Å². The van der Waals surface area contributed by atoms with Gasteiger partial charge in [0.05, 0.1) is 12.1 Å². The minimum atomic E-state index is -3.06. The molecule has 174 valence electrons. The van der Waals surface area contributed by atoms with Crippen LogP contribution in [0.3, 0.4) is 0 Å². The third kappa shape index (κ3) is 5.32. The molecule has 1 heterocycles. The Morgan fingerprint density at radius 2 is 1.85 bits per heavy atom. The third-order valence-corrected chi connectivity index (χ3v) is 5.98. The second kappa shape index (κ2) is 10.0. The van der Waals surface area contributed by atoms with Crippen LogP contribution in [0.25, 0.3) is 0 Å². The Kier molecular flexibility index (Phi) is 7.34. The molecule has 3 aromatic rings. The van der Waals surface area contributed by atoms with Crippen LogP contribution in [0, 0.1) is 0 Å². The lowest BCUT2D eigenvalue weighted by atomic mass is 10.1. The van der Waals surface area contributed by atoms with Crippen LogP contribution in [0.4, 0.5) is 25.4 Å². The third-order valence-electron chi connectivity index (χ3n) is 4.62. The van der Waals surface area contributed by atoms with Gasteiger partial charge >= 0.3 is 6.61 Å². The van der Waals surface area contributed by atoms with Crippen molar-refractivity contribution in [2.45, 2.75) is 19.6 Å². The number of nitrogens with zero attached hydrogens (tertiary/aromatic N) is 2. The first-order chi connectivity index (χ1) is 15.6. The average Bonchev–Trinajstić information content (AvgIpc) is 3.15.